The van der Waals surface area contributed by atoms with Gasteiger partial charge in [0.1, 0.15) is 0 Å². The van der Waals surface area contributed by atoms with Crippen LogP contribution in [0, 0.1) is 13.8 Å². The molecule has 0 saturated carbocycles. The number of hydrogen-bond donors (Lipinski definition) is 1. The second kappa shape index (κ2) is 4.86. The number of benzene rings is 1. The quantitative estimate of drug-likeness (QED) is 0.855. The summed E-state index contributed by atoms with van der Waals surface area (Å²) in [5.74, 6) is 0. The van der Waals surface area contributed by atoms with Crippen LogP contribution in [0.15, 0.2) is 12.1 Å². The van der Waals surface area contributed by atoms with Crippen LogP contribution in [-0.4, -0.2) is 31.2 Å². The summed E-state index contributed by atoms with van der Waals surface area (Å²) in [5.41, 5.74) is 3.84. The van der Waals surface area contributed by atoms with E-state index < -0.39 is 0 Å². The van der Waals surface area contributed by atoms with Gasteiger partial charge in [0.25, 0.3) is 0 Å². The maximum absolute atomic E-state index is 4.86. The Hall–Kier alpha value is -1.13. The van der Waals surface area contributed by atoms with Gasteiger partial charge in [-0.2, -0.15) is 0 Å². The van der Waals surface area contributed by atoms with Crippen LogP contribution in [-0.2, 0) is 0 Å². The zero-order valence-electron chi connectivity index (χ0n) is 11.0. The van der Waals surface area contributed by atoms with Crippen LogP contribution in [0.1, 0.15) is 17.5 Å². The normalized spacial score (nSPS) is 17.1. The fraction of sp³-hybridized carbons (Fsp3) is 0.500. The van der Waals surface area contributed by atoms with Crippen molar-refractivity contribution in [3.05, 3.63) is 23.3 Å². The van der Waals surface area contributed by atoms with E-state index in [1.165, 1.54) is 32.9 Å². The molecule has 1 fully saturated rings. The van der Waals surface area contributed by atoms with Crippen molar-refractivity contribution in [2.45, 2.75) is 20.3 Å². The Morgan fingerprint density at radius 2 is 2.11 bits per heavy atom. The first-order chi connectivity index (χ1) is 8.75. The Bertz CT molecular complexity index is 553. The molecule has 1 aliphatic heterocycles. The number of nitrogens with zero attached hydrogens (tertiary/aromatic N) is 2. The smallest absolute Gasteiger partial charge is 0.186 e. The summed E-state index contributed by atoms with van der Waals surface area (Å²) >= 11 is 1.82. The highest BCUT2D eigenvalue weighted by Gasteiger charge is 2.15. The lowest BCUT2D eigenvalue weighted by molar-refractivity contribution is 0.724. The van der Waals surface area contributed by atoms with Gasteiger partial charge in [-0.05, 0) is 44.0 Å². The van der Waals surface area contributed by atoms with E-state index in [2.05, 4.69) is 36.2 Å². The first kappa shape index (κ1) is 11.9. The van der Waals surface area contributed by atoms with Gasteiger partial charge in [0.2, 0.25) is 0 Å². The van der Waals surface area contributed by atoms with Crippen molar-refractivity contribution in [2.24, 2.45) is 0 Å². The lowest BCUT2D eigenvalue weighted by Crippen LogP contribution is -2.27. The van der Waals surface area contributed by atoms with Crippen LogP contribution in [0.4, 0.5) is 5.13 Å². The van der Waals surface area contributed by atoms with Crippen LogP contribution in [0.5, 0.6) is 0 Å². The SMILES string of the molecule is Cc1ccc2sc(N3CCCNCC3)nc2c1C. The Morgan fingerprint density at radius 1 is 1.22 bits per heavy atom. The van der Waals surface area contributed by atoms with E-state index in [-0.39, 0.29) is 0 Å². The van der Waals surface area contributed by atoms with Crippen LogP contribution in [0.2, 0.25) is 0 Å². The second-order valence-electron chi connectivity index (χ2n) is 4.94. The molecular weight excluding hydrogens is 242 g/mol. The summed E-state index contributed by atoms with van der Waals surface area (Å²) in [6, 6.07) is 4.40. The van der Waals surface area contributed by atoms with E-state index in [0.717, 1.165) is 26.2 Å². The summed E-state index contributed by atoms with van der Waals surface area (Å²) in [4.78, 5) is 7.27. The molecule has 3 rings (SSSR count). The van der Waals surface area contributed by atoms with Gasteiger partial charge in [-0.25, -0.2) is 4.98 Å². The summed E-state index contributed by atoms with van der Waals surface area (Å²) in [5, 5.41) is 4.62. The molecule has 0 unspecified atom stereocenters. The van der Waals surface area contributed by atoms with E-state index >= 15 is 0 Å². The molecule has 0 amide bonds. The number of nitrogens with one attached hydrogen (secondary N) is 1. The van der Waals surface area contributed by atoms with Crippen molar-refractivity contribution in [1.29, 1.82) is 0 Å². The third-order valence-electron chi connectivity index (χ3n) is 3.68. The van der Waals surface area contributed by atoms with Gasteiger partial charge in [-0.1, -0.05) is 17.4 Å². The maximum Gasteiger partial charge on any atom is 0.186 e. The molecule has 1 aliphatic rings. The van der Waals surface area contributed by atoms with Gasteiger partial charge in [-0.3, -0.25) is 0 Å². The van der Waals surface area contributed by atoms with Crippen molar-refractivity contribution in [2.75, 3.05) is 31.1 Å². The Morgan fingerprint density at radius 3 is 3.00 bits per heavy atom. The van der Waals surface area contributed by atoms with Gasteiger partial charge in [0, 0.05) is 19.6 Å². The maximum atomic E-state index is 4.86. The molecule has 1 N–H and O–H groups in total. The molecule has 0 bridgehead atoms. The van der Waals surface area contributed by atoms with Crippen molar-refractivity contribution >= 4 is 26.7 Å². The minimum atomic E-state index is 1.06. The summed E-state index contributed by atoms with van der Waals surface area (Å²) < 4.78 is 1.31. The highest BCUT2D eigenvalue weighted by molar-refractivity contribution is 7.22. The van der Waals surface area contributed by atoms with Crippen LogP contribution in [0.25, 0.3) is 10.2 Å². The molecule has 1 aromatic carbocycles. The fourth-order valence-electron chi connectivity index (χ4n) is 2.39. The third kappa shape index (κ3) is 2.10. The van der Waals surface area contributed by atoms with Crippen molar-refractivity contribution in [3.8, 4) is 0 Å². The van der Waals surface area contributed by atoms with Crippen LogP contribution < -0.4 is 10.2 Å². The summed E-state index contributed by atoms with van der Waals surface area (Å²) in [6.45, 7) is 8.70. The molecule has 4 heteroatoms. The molecule has 0 aliphatic carbocycles. The zero-order valence-corrected chi connectivity index (χ0v) is 11.8. The lowest BCUT2D eigenvalue weighted by atomic mass is 10.1. The van der Waals surface area contributed by atoms with E-state index in [4.69, 9.17) is 4.98 Å². The average molecular weight is 261 g/mol. The zero-order chi connectivity index (χ0) is 12.5. The van der Waals surface area contributed by atoms with Gasteiger partial charge < -0.3 is 10.2 Å². The first-order valence-electron chi connectivity index (χ1n) is 6.58. The van der Waals surface area contributed by atoms with Gasteiger partial charge in [0.05, 0.1) is 10.2 Å². The molecule has 3 nitrogen and oxygen atoms in total. The topological polar surface area (TPSA) is 28.2 Å². The predicted molar refractivity (Wildman–Crippen MR) is 78.8 cm³/mol. The van der Waals surface area contributed by atoms with E-state index in [9.17, 15) is 0 Å². The molecular formula is C14H19N3S. The Labute approximate surface area is 112 Å². The standard InChI is InChI=1S/C14H19N3S/c1-10-4-5-12-13(11(10)2)16-14(18-12)17-8-3-6-15-7-9-17/h4-5,15H,3,6-9H2,1-2H3. The summed E-state index contributed by atoms with van der Waals surface area (Å²) in [6.07, 6.45) is 1.20. The monoisotopic (exact) mass is 261 g/mol. The minimum absolute atomic E-state index is 1.06. The number of aryl methyl sites for hydroxylation is 2. The molecule has 0 spiro atoms. The number of thiazole rings is 1. The molecule has 18 heavy (non-hydrogen) atoms. The van der Waals surface area contributed by atoms with Gasteiger partial charge >= 0.3 is 0 Å². The average Bonchev–Trinajstić information content (AvgIpc) is 2.62. The number of rotatable bonds is 1. The first-order valence-corrected chi connectivity index (χ1v) is 7.40. The second-order valence-corrected chi connectivity index (χ2v) is 5.95. The van der Waals surface area contributed by atoms with Crippen molar-refractivity contribution in [3.63, 3.8) is 0 Å². The third-order valence-corrected chi connectivity index (χ3v) is 4.77. The van der Waals surface area contributed by atoms with Crippen molar-refractivity contribution in [1.82, 2.24) is 10.3 Å². The van der Waals surface area contributed by atoms with E-state index in [1.807, 2.05) is 11.3 Å². The molecule has 0 radical (unpaired) electrons. The molecule has 2 heterocycles. The molecule has 2 aromatic rings. The van der Waals surface area contributed by atoms with Crippen LogP contribution >= 0.6 is 11.3 Å². The molecule has 1 saturated heterocycles. The number of fused-ring (bicyclic) bond motifs is 1. The van der Waals surface area contributed by atoms with E-state index in [1.54, 1.807) is 0 Å². The highest BCUT2D eigenvalue weighted by atomic mass is 32.1. The largest absolute Gasteiger partial charge is 0.347 e. The predicted octanol–water partition coefficient (Wildman–Crippen LogP) is 2.71. The number of aromatic nitrogens is 1. The number of hydrogen-bond acceptors (Lipinski definition) is 4. The number of anilines is 1. The molecule has 1 aromatic heterocycles. The van der Waals surface area contributed by atoms with Gasteiger partial charge in [0.15, 0.2) is 5.13 Å². The molecule has 0 atom stereocenters. The molecule has 96 valence electrons. The Kier molecular flexibility index (Phi) is 3.22. The van der Waals surface area contributed by atoms with Crippen LogP contribution in [0.3, 0.4) is 0 Å². The van der Waals surface area contributed by atoms with Gasteiger partial charge in [-0.15, -0.1) is 0 Å². The minimum Gasteiger partial charge on any atom is -0.347 e. The summed E-state index contributed by atoms with van der Waals surface area (Å²) in [7, 11) is 0. The van der Waals surface area contributed by atoms with E-state index in [0.29, 0.717) is 0 Å². The fourth-order valence-corrected chi connectivity index (χ4v) is 3.46. The van der Waals surface area contributed by atoms with Crippen molar-refractivity contribution < 1.29 is 0 Å². The lowest BCUT2D eigenvalue weighted by Gasteiger charge is -2.17. The Balaban J connectivity index is 1.99. The highest BCUT2D eigenvalue weighted by Crippen LogP contribution is 2.31.